The van der Waals surface area contributed by atoms with Crippen molar-refractivity contribution in [1.82, 2.24) is 14.5 Å². The average Bonchev–Trinajstić information content (AvgIpc) is 2.38. The first-order chi connectivity index (χ1) is 8.74. The number of benzene rings is 1. The highest BCUT2D eigenvalue weighted by Crippen LogP contribution is 2.15. The molecule has 18 heavy (non-hydrogen) atoms. The van der Waals surface area contributed by atoms with Crippen molar-refractivity contribution < 1.29 is 0 Å². The van der Waals surface area contributed by atoms with E-state index in [9.17, 15) is 4.79 Å². The molecular formula is C13H9N3OS. The Balaban J connectivity index is 2.25. The van der Waals surface area contributed by atoms with Crippen LogP contribution in [0.1, 0.15) is 0 Å². The van der Waals surface area contributed by atoms with E-state index in [1.54, 1.807) is 17.0 Å². The van der Waals surface area contributed by atoms with Gasteiger partial charge < -0.3 is 0 Å². The number of pyridine rings is 1. The molecule has 0 amide bonds. The minimum Gasteiger partial charge on any atom is -0.299 e. The summed E-state index contributed by atoms with van der Waals surface area (Å²) in [6.45, 7) is 0. The van der Waals surface area contributed by atoms with Gasteiger partial charge in [-0.3, -0.25) is 19.3 Å². The molecule has 0 bridgehead atoms. The third-order valence-corrected chi connectivity index (χ3v) is 2.98. The summed E-state index contributed by atoms with van der Waals surface area (Å²) in [5.74, 6) is 0. The molecule has 0 fully saturated rings. The first-order valence-corrected chi connectivity index (χ1v) is 5.82. The molecule has 0 aliphatic rings. The van der Waals surface area contributed by atoms with Gasteiger partial charge in [-0.05, 0) is 24.4 Å². The summed E-state index contributed by atoms with van der Waals surface area (Å²) in [7, 11) is 0. The van der Waals surface area contributed by atoms with Crippen molar-refractivity contribution in [3.8, 4) is 5.69 Å². The lowest BCUT2D eigenvalue weighted by molar-refractivity contribution is 0.933. The van der Waals surface area contributed by atoms with E-state index >= 15 is 0 Å². The highest BCUT2D eigenvalue weighted by molar-refractivity contribution is 7.71. The molecule has 0 radical (unpaired) electrons. The van der Waals surface area contributed by atoms with E-state index < -0.39 is 0 Å². The van der Waals surface area contributed by atoms with Crippen molar-refractivity contribution in [1.29, 1.82) is 0 Å². The number of H-pyrrole nitrogens is 1. The fourth-order valence-electron chi connectivity index (χ4n) is 1.81. The quantitative estimate of drug-likeness (QED) is 0.679. The van der Waals surface area contributed by atoms with Gasteiger partial charge in [0.05, 0.1) is 17.4 Å². The maximum absolute atomic E-state index is 11.1. The smallest absolute Gasteiger partial charge is 0.251 e. The highest BCUT2D eigenvalue weighted by atomic mass is 32.1. The topological polar surface area (TPSA) is 50.7 Å². The molecule has 0 saturated carbocycles. The van der Waals surface area contributed by atoms with E-state index in [4.69, 9.17) is 12.2 Å². The van der Waals surface area contributed by atoms with Crippen LogP contribution in [0, 0.1) is 4.77 Å². The lowest BCUT2D eigenvalue weighted by atomic mass is 10.2. The Labute approximate surface area is 108 Å². The molecule has 1 aromatic carbocycles. The number of hydrogen-bond acceptors (Lipinski definition) is 3. The number of aromatic amines is 1. The van der Waals surface area contributed by atoms with Gasteiger partial charge in [-0.25, -0.2) is 0 Å². The van der Waals surface area contributed by atoms with Crippen LogP contribution in [0.2, 0.25) is 0 Å². The molecule has 0 spiro atoms. The van der Waals surface area contributed by atoms with Gasteiger partial charge in [0.15, 0.2) is 4.77 Å². The number of nitrogens with zero attached hydrogens (tertiary/aromatic N) is 2. The molecule has 2 aromatic heterocycles. The zero-order valence-corrected chi connectivity index (χ0v) is 10.1. The Hall–Kier alpha value is -2.27. The van der Waals surface area contributed by atoms with Crippen LogP contribution < -0.4 is 5.56 Å². The number of rotatable bonds is 1. The zero-order chi connectivity index (χ0) is 12.5. The molecule has 0 unspecified atom stereocenters. The summed E-state index contributed by atoms with van der Waals surface area (Å²) >= 11 is 5.12. The van der Waals surface area contributed by atoms with Gasteiger partial charge in [0.25, 0.3) is 5.56 Å². The summed E-state index contributed by atoms with van der Waals surface area (Å²) in [5.41, 5.74) is 1.55. The van der Waals surface area contributed by atoms with Gasteiger partial charge in [0.2, 0.25) is 0 Å². The molecule has 0 aliphatic heterocycles. The second kappa shape index (κ2) is 4.19. The summed E-state index contributed by atoms with van der Waals surface area (Å²) in [5, 5.41) is 1.03. The third-order valence-electron chi connectivity index (χ3n) is 2.68. The van der Waals surface area contributed by atoms with Gasteiger partial charge in [-0.2, -0.15) is 0 Å². The number of nitrogens with one attached hydrogen (secondary N) is 1. The van der Waals surface area contributed by atoms with E-state index in [0.29, 0.717) is 4.77 Å². The SMILES string of the molecule is O=c1ccn(-c2cnc3ccccc3c2)c(=S)[nH]1. The Kier molecular flexibility index (Phi) is 2.53. The average molecular weight is 255 g/mol. The predicted molar refractivity (Wildman–Crippen MR) is 72.5 cm³/mol. The van der Waals surface area contributed by atoms with E-state index in [-0.39, 0.29) is 5.56 Å². The third kappa shape index (κ3) is 1.84. The normalized spacial score (nSPS) is 10.7. The maximum Gasteiger partial charge on any atom is 0.251 e. The van der Waals surface area contributed by atoms with Crippen molar-refractivity contribution >= 4 is 23.1 Å². The molecule has 3 aromatic rings. The lowest BCUT2D eigenvalue weighted by Gasteiger charge is -2.06. The van der Waals surface area contributed by atoms with Crippen LogP contribution in [-0.4, -0.2) is 14.5 Å². The van der Waals surface area contributed by atoms with E-state index in [2.05, 4.69) is 9.97 Å². The minimum absolute atomic E-state index is 0.204. The summed E-state index contributed by atoms with van der Waals surface area (Å²) in [4.78, 5) is 18.1. The second-order valence-electron chi connectivity index (χ2n) is 3.87. The van der Waals surface area contributed by atoms with Crippen LogP contribution in [0.3, 0.4) is 0 Å². The Morgan fingerprint density at radius 1 is 1.22 bits per heavy atom. The standard InChI is InChI=1S/C13H9N3OS/c17-12-5-6-16(13(18)15-12)10-7-9-3-1-2-4-11(9)14-8-10/h1-8H,(H,15,17,18). The Morgan fingerprint density at radius 2 is 2.06 bits per heavy atom. The van der Waals surface area contributed by atoms with Gasteiger partial charge in [-0.1, -0.05) is 18.2 Å². The first-order valence-electron chi connectivity index (χ1n) is 5.41. The molecule has 2 heterocycles. The van der Waals surface area contributed by atoms with Crippen LogP contribution >= 0.6 is 12.2 Å². The van der Waals surface area contributed by atoms with Crippen LogP contribution in [0.25, 0.3) is 16.6 Å². The largest absolute Gasteiger partial charge is 0.299 e. The summed E-state index contributed by atoms with van der Waals surface area (Å²) < 4.78 is 2.08. The molecule has 3 rings (SSSR count). The monoisotopic (exact) mass is 255 g/mol. The van der Waals surface area contributed by atoms with Crippen LogP contribution in [0.4, 0.5) is 0 Å². The fourth-order valence-corrected chi connectivity index (χ4v) is 2.08. The molecular weight excluding hydrogens is 246 g/mol. The van der Waals surface area contributed by atoms with E-state index in [1.165, 1.54) is 6.07 Å². The Morgan fingerprint density at radius 3 is 2.89 bits per heavy atom. The predicted octanol–water partition coefficient (Wildman–Crippen LogP) is 2.44. The molecule has 0 aliphatic carbocycles. The van der Waals surface area contributed by atoms with Crippen LogP contribution in [-0.2, 0) is 0 Å². The van der Waals surface area contributed by atoms with Crippen molar-refractivity contribution in [2.75, 3.05) is 0 Å². The maximum atomic E-state index is 11.1. The van der Waals surface area contributed by atoms with Crippen molar-refractivity contribution in [3.05, 3.63) is 63.9 Å². The molecule has 1 N–H and O–H groups in total. The van der Waals surface area contributed by atoms with E-state index in [0.717, 1.165) is 16.6 Å². The minimum atomic E-state index is -0.204. The van der Waals surface area contributed by atoms with Crippen LogP contribution in [0.15, 0.2) is 53.6 Å². The van der Waals surface area contributed by atoms with Crippen molar-refractivity contribution in [2.24, 2.45) is 0 Å². The molecule has 0 atom stereocenters. The lowest BCUT2D eigenvalue weighted by Crippen LogP contribution is -2.09. The number of aromatic nitrogens is 3. The fraction of sp³-hybridized carbons (Fsp3) is 0. The molecule has 88 valence electrons. The summed E-state index contributed by atoms with van der Waals surface area (Å²) in [6, 6.07) is 11.3. The van der Waals surface area contributed by atoms with E-state index in [1.807, 2.05) is 30.3 Å². The van der Waals surface area contributed by atoms with Gasteiger partial charge in [0, 0.05) is 17.6 Å². The molecule has 4 nitrogen and oxygen atoms in total. The molecule has 5 heteroatoms. The second-order valence-corrected chi connectivity index (χ2v) is 4.25. The van der Waals surface area contributed by atoms with Gasteiger partial charge in [0.1, 0.15) is 0 Å². The highest BCUT2D eigenvalue weighted by Gasteiger charge is 2.00. The van der Waals surface area contributed by atoms with Crippen molar-refractivity contribution in [3.63, 3.8) is 0 Å². The van der Waals surface area contributed by atoms with Crippen molar-refractivity contribution in [2.45, 2.75) is 0 Å². The number of fused-ring (bicyclic) bond motifs is 1. The van der Waals surface area contributed by atoms with Gasteiger partial charge >= 0.3 is 0 Å². The number of hydrogen-bond donors (Lipinski definition) is 1. The zero-order valence-electron chi connectivity index (χ0n) is 9.33. The molecule has 0 saturated heterocycles. The van der Waals surface area contributed by atoms with Crippen LogP contribution in [0.5, 0.6) is 0 Å². The first kappa shape index (κ1) is 10.9. The number of para-hydroxylation sites is 1. The van der Waals surface area contributed by atoms with Gasteiger partial charge in [-0.15, -0.1) is 0 Å². The summed E-state index contributed by atoms with van der Waals surface area (Å²) in [6.07, 6.45) is 3.38. The Bertz CT molecular complexity index is 835.